The molecular weight excluding hydrogens is 575 g/mol. The standard InChI is InChI=1S/C29H37Si.C3H6.2ClH.Zr/c1-28(2,3)22-12-10-19-14-21-16-26(20-11-13-23(15-20)30(7,8)9)27(29(4,5)6)18-25(21)24(19)17-22;1-3-2;;;/h10,12-13,15,17-18H,11,14H2,1-9H3;1-2H3;2*1H;/q;;;;+2/p-2. The largest absolute Gasteiger partial charge is 1.00 e. The Balaban J connectivity index is 0.00000228. The van der Waals surface area contributed by atoms with Gasteiger partial charge >= 0.3 is 222 Å². The molecule has 0 aromatic heterocycles. The molecule has 2 aromatic carbocycles. The van der Waals surface area contributed by atoms with E-state index in [-0.39, 0.29) is 35.6 Å². The number of hydrogen-bond acceptors (Lipinski definition) is 0. The smallest absolute Gasteiger partial charge is 1.00 e. The molecule has 0 heterocycles. The molecule has 0 radical (unpaired) electrons. The molecule has 36 heavy (non-hydrogen) atoms. The molecule has 0 amide bonds. The minimum atomic E-state index is -1.31. The van der Waals surface area contributed by atoms with Crippen molar-refractivity contribution in [2.45, 2.75) is 98.7 Å². The fourth-order valence-corrected chi connectivity index (χ4v) is 9.82. The van der Waals surface area contributed by atoms with E-state index in [1.165, 1.54) is 22.3 Å². The van der Waals surface area contributed by atoms with E-state index in [4.69, 9.17) is 0 Å². The van der Waals surface area contributed by atoms with Crippen LogP contribution in [0.4, 0.5) is 0 Å². The van der Waals surface area contributed by atoms with Crippen LogP contribution in [-0.4, -0.2) is 11.3 Å². The van der Waals surface area contributed by atoms with Gasteiger partial charge in [-0.1, -0.05) is 0 Å². The van der Waals surface area contributed by atoms with Gasteiger partial charge in [-0.05, 0) is 0 Å². The molecule has 0 saturated heterocycles. The maximum Gasteiger partial charge on any atom is -1.00 e. The minimum absolute atomic E-state index is 0. The van der Waals surface area contributed by atoms with Gasteiger partial charge in [-0.15, -0.1) is 0 Å². The number of rotatable bonds is 3. The summed E-state index contributed by atoms with van der Waals surface area (Å²) in [6.07, 6.45) is 7.36. The summed E-state index contributed by atoms with van der Waals surface area (Å²) in [5.41, 5.74) is 12.7. The van der Waals surface area contributed by atoms with E-state index in [0.29, 0.717) is 0 Å². The van der Waals surface area contributed by atoms with E-state index in [9.17, 15) is 0 Å². The fraction of sp³-hybridized carbons (Fsp3) is 0.469. The monoisotopic (exact) mass is 615 g/mol. The summed E-state index contributed by atoms with van der Waals surface area (Å²) in [6.45, 7) is 26.4. The predicted octanol–water partition coefficient (Wildman–Crippen LogP) is 2.37. The van der Waals surface area contributed by atoms with Gasteiger partial charge < -0.3 is 24.8 Å². The molecule has 0 fully saturated rings. The van der Waals surface area contributed by atoms with Gasteiger partial charge in [0.25, 0.3) is 0 Å². The molecule has 2 aliphatic rings. The second-order valence-electron chi connectivity index (χ2n) is 13.7. The third-order valence-electron chi connectivity index (χ3n) is 7.31. The van der Waals surface area contributed by atoms with Crippen LogP contribution in [0.1, 0.15) is 89.6 Å². The van der Waals surface area contributed by atoms with Crippen molar-refractivity contribution in [3.05, 3.63) is 69.4 Å². The van der Waals surface area contributed by atoms with Crippen molar-refractivity contribution in [1.29, 1.82) is 0 Å². The first-order valence-corrected chi connectivity index (χ1v) is 18.9. The summed E-state index contributed by atoms with van der Waals surface area (Å²) in [6, 6.07) is 9.90. The Kier molecular flexibility index (Phi) is 9.61. The summed E-state index contributed by atoms with van der Waals surface area (Å²) < 4.78 is 3.43. The molecule has 2 aromatic rings. The van der Waals surface area contributed by atoms with Gasteiger partial charge in [-0.25, -0.2) is 0 Å². The zero-order valence-electron chi connectivity index (χ0n) is 24.1. The van der Waals surface area contributed by atoms with Gasteiger partial charge in [0.2, 0.25) is 0 Å². The molecule has 0 unspecified atom stereocenters. The van der Waals surface area contributed by atoms with Gasteiger partial charge in [0, 0.05) is 0 Å². The molecule has 4 rings (SSSR count). The van der Waals surface area contributed by atoms with Gasteiger partial charge in [0.1, 0.15) is 0 Å². The van der Waals surface area contributed by atoms with E-state index in [1.54, 1.807) is 33.9 Å². The Morgan fingerprint density at radius 3 is 2.00 bits per heavy atom. The predicted molar refractivity (Wildman–Crippen MR) is 152 cm³/mol. The Morgan fingerprint density at radius 2 is 1.50 bits per heavy atom. The molecule has 4 heteroatoms. The summed E-state index contributed by atoms with van der Waals surface area (Å²) in [7, 11) is -1.31. The average molecular weight is 618 g/mol. The minimum Gasteiger partial charge on any atom is -1.00 e. The number of benzene rings is 2. The summed E-state index contributed by atoms with van der Waals surface area (Å²) in [5, 5.41) is 1.63. The maximum absolute atomic E-state index is 2.60. The summed E-state index contributed by atoms with van der Waals surface area (Å²) in [4.78, 5) is 0. The van der Waals surface area contributed by atoms with Crippen LogP contribution in [0.3, 0.4) is 0 Å². The van der Waals surface area contributed by atoms with Crippen LogP contribution in [-0.2, 0) is 40.0 Å². The summed E-state index contributed by atoms with van der Waals surface area (Å²) >= 11 is -0.826. The van der Waals surface area contributed by atoms with Gasteiger partial charge in [-0.2, -0.15) is 0 Å². The number of allylic oxidation sites excluding steroid dienone is 4. The Bertz CT molecular complexity index is 1260. The molecule has 0 N–H and O–H groups in total. The van der Waals surface area contributed by atoms with Gasteiger partial charge in [0.15, 0.2) is 0 Å². The van der Waals surface area contributed by atoms with Crippen LogP contribution >= 0.6 is 0 Å². The SMILES string of the molecule is C[C](C)=[Zr+2][c]1c2c(cc(C(C)(C)C)c1C1=CC([Si](C)(C)C)=CC1)-c1cc(C(C)(C)C)ccc1C2.[Cl-].[Cl-]. The average Bonchev–Trinajstić information content (AvgIpc) is 3.30. The zero-order chi connectivity index (χ0) is 25.2. The van der Waals surface area contributed by atoms with Crippen molar-refractivity contribution >= 4 is 20.1 Å². The molecule has 0 aliphatic heterocycles. The molecule has 193 valence electrons. The van der Waals surface area contributed by atoms with Gasteiger partial charge in [-0.3, -0.25) is 0 Å². The third kappa shape index (κ3) is 6.20. The Hall–Kier alpha value is -0.530. The van der Waals surface area contributed by atoms with Crippen LogP contribution < -0.4 is 28.1 Å². The van der Waals surface area contributed by atoms with Crippen molar-refractivity contribution in [1.82, 2.24) is 0 Å². The van der Waals surface area contributed by atoms with Crippen LogP contribution in [0.2, 0.25) is 19.6 Å². The van der Waals surface area contributed by atoms with Crippen molar-refractivity contribution in [2.75, 3.05) is 0 Å². The maximum atomic E-state index is 2.60. The summed E-state index contributed by atoms with van der Waals surface area (Å²) in [5.74, 6) is 0. The molecule has 0 nitrogen and oxygen atoms in total. The van der Waals surface area contributed by atoms with Crippen LogP contribution in [0, 0.1) is 0 Å². The van der Waals surface area contributed by atoms with Crippen molar-refractivity contribution in [3.63, 3.8) is 0 Å². The molecule has 2 aliphatic carbocycles. The van der Waals surface area contributed by atoms with Crippen LogP contribution in [0.25, 0.3) is 16.7 Å². The normalized spacial score (nSPS) is 14.6. The van der Waals surface area contributed by atoms with E-state index in [1.807, 2.05) is 0 Å². The van der Waals surface area contributed by atoms with Crippen LogP contribution in [0.5, 0.6) is 0 Å². The van der Waals surface area contributed by atoms with E-state index in [2.05, 4.69) is 111 Å². The molecule has 0 atom stereocenters. The molecule has 0 bridgehead atoms. The second-order valence-corrected chi connectivity index (χ2v) is 23.0. The third-order valence-corrected chi connectivity index (χ3v) is 12.6. The van der Waals surface area contributed by atoms with Crippen molar-refractivity contribution in [2.24, 2.45) is 0 Å². The van der Waals surface area contributed by atoms with E-state index in [0.717, 1.165) is 12.8 Å². The zero-order valence-corrected chi connectivity index (χ0v) is 29.1. The first-order chi connectivity index (χ1) is 15.6. The number of halogens is 2. The van der Waals surface area contributed by atoms with Crippen LogP contribution in [0.15, 0.2) is 41.6 Å². The molecule has 0 spiro atoms. The fourth-order valence-electron chi connectivity index (χ4n) is 5.32. The Labute approximate surface area is 245 Å². The van der Waals surface area contributed by atoms with Crippen molar-refractivity contribution < 1.29 is 47.6 Å². The first-order valence-electron chi connectivity index (χ1n) is 12.9. The van der Waals surface area contributed by atoms with Gasteiger partial charge in [0.05, 0.1) is 0 Å². The number of hydrogen-bond donors (Lipinski definition) is 0. The van der Waals surface area contributed by atoms with E-state index >= 15 is 0 Å². The molecular formula is C32H43Cl2SiZr. The van der Waals surface area contributed by atoms with E-state index < -0.39 is 30.8 Å². The van der Waals surface area contributed by atoms with Crippen molar-refractivity contribution in [3.8, 4) is 11.1 Å². The topological polar surface area (TPSA) is 0 Å². The molecule has 0 saturated carbocycles. The Morgan fingerprint density at radius 1 is 0.861 bits per heavy atom. The first kappa shape index (κ1) is 31.7. The second kappa shape index (κ2) is 10.9. The number of fused-ring (bicyclic) bond motifs is 3. The quantitative estimate of drug-likeness (QED) is 0.396.